The van der Waals surface area contributed by atoms with Crippen LogP contribution in [0.4, 0.5) is 11.5 Å². The Morgan fingerprint density at radius 1 is 1.00 bits per heavy atom. The molecule has 2 amide bonds. The number of piperidine rings is 1. The normalized spacial score (nSPS) is 13.7. The molecule has 0 bridgehead atoms. The van der Waals surface area contributed by atoms with Crippen LogP contribution in [0.1, 0.15) is 44.9 Å². The Kier molecular flexibility index (Phi) is 6.39. The van der Waals surface area contributed by atoms with Gasteiger partial charge in [-0.3, -0.25) is 9.59 Å². The van der Waals surface area contributed by atoms with E-state index in [1.165, 1.54) is 30.6 Å². The molecule has 7 heteroatoms. The van der Waals surface area contributed by atoms with Gasteiger partial charge in [0, 0.05) is 42.6 Å². The maximum absolute atomic E-state index is 12.7. The van der Waals surface area contributed by atoms with Crippen molar-refractivity contribution in [3.05, 3.63) is 76.1 Å². The lowest BCUT2D eigenvalue weighted by Crippen LogP contribution is -2.32. The third-order valence-electron chi connectivity index (χ3n) is 5.09. The number of carbonyl (C=O) groups excluding carboxylic acids is 2. The fraction of sp³-hybridized carbons (Fsp3) is 0.261. The van der Waals surface area contributed by atoms with Gasteiger partial charge in [0.25, 0.3) is 11.8 Å². The van der Waals surface area contributed by atoms with Crippen molar-refractivity contribution in [2.45, 2.75) is 25.8 Å². The van der Waals surface area contributed by atoms with Crippen LogP contribution in [0.25, 0.3) is 0 Å². The summed E-state index contributed by atoms with van der Waals surface area (Å²) in [6.07, 6.45) is 5.41. The first-order chi connectivity index (χ1) is 14.7. The molecule has 0 radical (unpaired) electrons. The van der Waals surface area contributed by atoms with Crippen molar-refractivity contribution < 1.29 is 9.59 Å². The predicted octanol–water partition coefficient (Wildman–Crippen LogP) is 4.32. The molecule has 1 aromatic carbocycles. The number of carbonyl (C=O) groups is 2. The zero-order chi connectivity index (χ0) is 20.8. The highest BCUT2D eigenvalue weighted by Crippen LogP contribution is 2.22. The lowest BCUT2D eigenvalue weighted by molar-refractivity contribution is 0.0949. The minimum Gasteiger partial charge on any atom is -0.356 e. The summed E-state index contributed by atoms with van der Waals surface area (Å²) in [5.74, 6) is 0.592. The van der Waals surface area contributed by atoms with E-state index in [-0.39, 0.29) is 11.8 Å². The average Bonchev–Trinajstić information content (AvgIpc) is 3.34. The Morgan fingerprint density at radius 2 is 1.87 bits per heavy atom. The van der Waals surface area contributed by atoms with Gasteiger partial charge in [-0.25, -0.2) is 4.98 Å². The van der Waals surface area contributed by atoms with Gasteiger partial charge >= 0.3 is 0 Å². The average molecular weight is 421 g/mol. The van der Waals surface area contributed by atoms with Gasteiger partial charge in [-0.1, -0.05) is 18.2 Å². The topological polar surface area (TPSA) is 74.3 Å². The van der Waals surface area contributed by atoms with Crippen molar-refractivity contribution in [1.82, 2.24) is 10.3 Å². The lowest BCUT2D eigenvalue weighted by atomic mass is 10.1. The highest BCUT2D eigenvalue weighted by molar-refractivity contribution is 7.12. The Bertz CT molecular complexity index is 1010. The number of hydrogen-bond acceptors (Lipinski definition) is 5. The molecule has 1 fully saturated rings. The SMILES string of the molecule is O=C(NCc1cccnc1N1CCCCC1)c1cccc(NC(=O)c2cccs2)c1. The summed E-state index contributed by atoms with van der Waals surface area (Å²) in [6, 6.07) is 14.5. The van der Waals surface area contributed by atoms with Crippen LogP contribution in [0.5, 0.6) is 0 Å². The number of thiophene rings is 1. The molecular weight excluding hydrogens is 396 g/mol. The van der Waals surface area contributed by atoms with Crippen LogP contribution in [-0.4, -0.2) is 29.9 Å². The van der Waals surface area contributed by atoms with Gasteiger partial charge in [0.2, 0.25) is 0 Å². The van der Waals surface area contributed by atoms with Crippen LogP contribution in [0, 0.1) is 0 Å². The standard InChI is InChI=1S/C23H24N4O2S/c28-22(17-7-4-9-19(15-17)26-23(29)20-10-6-14-30-20)25-16-18-8-5-11-24-21(18)27-12-2-1-3-13-27/h4-11,14-15H,1-3,12-13,16H2,(H,25,28)(H,26,29). The summed E-state index contributed by atoms with van der Waals surface area (Å²) < 4.78 is 0. The van der Waals surface area contributed by atoms with Gasteiger partial charge in [0.05, 0.1) is 4.88 Å². The quantitative estimate of drug-likeness (QED) is 0.623. The van der Waals surface area contributed by atoms with Crippen molar-refractivity contribution in [3.63, 3.8) is 0 Å². The fourth-order valence-corrected chi connectivity index (χ4v) is 4.19. The van der Waals surface area contributed by atoms with E-state index in [1.807, 2.05) is 23.6 Å². The number of nitrogens with zero attached hydrogens (tertiary/aromatic N) is 2. The minimum atomic E-state index is -0.185. The number of amides is 2. The second-order valence-corrected chi connectivity index (χ2v) is 8.18. The van der Waals surface area contributed by atoms with Crippen LogP contribution in [0.15, 0.2) is 60.1 Å². The van der Waals surface area contributed by atoms with Crippen molar-refractivity contribution in [3.8, 4) is 0 Å². The number of aromatic nitrogens is 1. The largest absolute Gasteiger partial charge is 0.356 e. The molecule has 3 aromatic rings. The number of hydrogen-bond donors (Lipinski definition) is 2. The molecular formula is C23H24N4O2S. The van der Waals surface area contributed by atoms with Crippen LogP contribution in [-0.2, 0) is 6.54 Å². The summed E-state index contributed by atoms with van der Waals surface area (Å²) in [7, 11) is 0. The molecule has 1 aliphatic heterocycles. The van der Waals surface area contributed by atoms with Gasteiger partial charge in [-0.15, -0.1) is 11.3 Å². The van der Waals surface area contributed by atoms with Crippen LogP contribution in [0.2, 0.25) is 0 Å². The third kappa shape index (κ3) is 4.86. The molecule has 0 atom stereocenters. The molecule has 1 aliphatic rings. The van der Waals surface area contributed by atoms with E-state index >= 15 is 0 Å². The summed E-state index contributed by atoms with van der Waals surface area (Å²) >= 11 is 1.38. The van der Waals surface area contributed by atoms with E-state index in [0.717, 1.165) is 24.5 Å². The van der Waals surface area contributed by atoms with Crippen LogP contribution in [0.3, 0.4) is 0 Å². The van der Waals surface area contributed by atoms with Crippen molar-refractivity contribution >= 4 is 34.7 Å². The highest BCUT2D eigenvalue weighted by atomic mass is 32.1. The molecule has 2 N–H and O–H groups in total. The zero-order valence-electron chi connectivity index (χ0n) is 16.6. The Hall–Kier alpha value is -3.19. The highest BCUT2D eigenvalue weighted by Gasteiger charge is 2.16. The molecule has 2 aromatic heterocycles. The summed E-state index contributed by atoms with van der Waals surface area (Å²) in [4.78, 5) is 32.4. The van der Waals surface area contributed by atoms with E-state index in [4.69, 9.17) is 0 Å². The van der Waals surface area contributed by atoms with Gasteiger partial charge < -0.3 is 15.5 Å². The number of nitrogens with one attached hydrogen (secondary N) is 2. The molecule has 0 spiro atoms. The van der Waals surface area contributed by atoms with Crippen molar-refractivity contribution in [1.29, 1.82) is 0 Å². The van der Waals surface area contributed by atoms with Crippen molar-refractivity contribution in [2.75, 3.05) is 23.3 Å². The molecule has 1 saturated heterocycles. The molecule has 0 unspecified atom stereocenters. The summed E-state index contributed by atoms with van der Waals surface area (Å²) in [6.45, 7) is 2.41. The number of pyridine rings is 1. The van der Waals surface area contributed by atoms with Crippen LogP contribution >= 0.6 is 11.3 Å². The van der Waals surface area contributed by atoms with Gasteiger partial charge in [0.15, 0.2) is 0 Å². The van der Waals surface area contributed by atoms with Crippen LogP contribution < -0.4 is 15.5 Å². The van der Waals surface area contributed by atoms with Gasteiger partial charge in [-0.2, -0.15) is 0 Å². The fourth-order valence-electron chi connectivity index (χ4n) is 3.57. The Balaban J connectivity index is 1.41. The van der Waals surface area contributed by atoms with E-state index in [1.54, 1.807) is 36.5 Å². The first-order valence-electron chi connectivity index (χ1n) is 10.1. The van der Waals surface area contributed by atoms with Gasteiger partial charge in [0.1, 0.15) is 5.82 Å². The van der Waals surface area contributed by atoms with Crippen molar-refractivity contribution in [2.24, 2.45) is 0 Å². The zero-order valence-corrected chi connectivity index (χ0v) is 17.5. The molecule has 3 heterocycles. The molecule has 0 aliphatic carbocycles. The van der Waals surface area contributed by atoms with E-state index < -0.39 is 0 Å². The minimum absolute atomic E-state index is 0.177. The summed E-state index contributed by atoms with van der Waals surface area (Å²) in [5.41, 5.74) is 2.11. The van der Waals surface area contributed by atoms with E-state index in [0.29, 0.717) is 22.7 Å². The van der Waals surface area contributed by atoms with E-state index in [9.17, 15) is 9.59 Å². The molecule has 0 saturated carbocycles. The number of rotatable bonds is 6. The molecule has 6 nitrogen and oxygen atoms in total. The smallest absolute Gasteiger partial charge is 0.265 e. The second-order valence-electron chi connectivity index (χ2n) is 7.23. The predicted molar refractivity (Wildman–Crippen MR) is 120 cm³/mol. The first kappa shape index (κ1) is 20.1. The van der Waals surface area contributed by atoms with Gasteiger partial charge in [-0.05, 0) is 55.0 Å². The lowest BCUT2D eigenvalue weighted by Gasteiger charge is -2.29. The first-order valence-corrected chi connectivity index (χ1v) is 11.0. The maximum atomic E-state index is 12.7. The molecule has 4 rings (SSSR count). The number of anilines is 2. The molecule has 30 heavy (non-hydrogen) atoms. The third-order valence-corrected chi connectivity index (χ3v) is 5.96. The second kappa shape index (κ2) is 9.54. The van der Waals surface area contributed by atoms with E-state index in [2.05, 4.69) is 20.5 Å². The maximum Gasteiger partial charge on any atom is 0.265 e. The monoisotopic (exact) mass is 420 g/mol. The number of benzene rings is 1. The Labute approximate surface area is 180 Å². The molecule has 154 valence electrons. The Morgan fingerprint density at radius 3 is 2.67 bits per heavy atom. The summed E-state index contributed by atoms with van der Waals surface area (Å²) in [5, 5.41) is 7.68.